The first-order chi connectivity index (χ1) is 13.3. The second-order valence-corrected chi connectivity index (χ2v) is 7.15. The smallest absolute Gasteiger partial charge is 0.244 e. The van der Waals surface area contributed by atoms with Gasteiger partial charge in [0, 0.05) is 23.8 Å². The van der Waals surface area contributed by atoms with E-state index < -0.39 is 0 Å². The number of rotatable bonds is 8. The topological polar surface area (TPSA) is 52.7 Å². The summed E-state index contributed by atoms with van der Waals surface area (Å²) in [5, 5.41) is 3.33. The standard InChI is InChI=1S/C21H25ClFN3O2/c1-4-26(13-20(27)24-19-11-17(22)9-8-15(19)2)21(28)14-25(3)12-16-6-5-7-18(23)10-16/h5-11H,4,12-14H2,1-3H3,(H,24,27). The van der Waals surface area contributed by atoms with Crippen molar-refractivity contribution in [1.29, 1.82) is 0 Å². The number of hydrogen-bond acceptors (Lipinski definition) is 3. The minimum Gasteiger partial charge on any atom is -0.333 e. The van der Waals surface area contributed by atoms with Gasteiger partial charge < -0.3 is 10.2 Å². The lowest BCUT2D eigenvalue weighted by Gasteiger charge is -2.24. The predicted octanol–water partition coefficient (Wildman–Crippen LogP) is 3.71. The number of nitrogens with one attached hydrogen (secondary N) is 1. The van der Waals surface area contributed by atoms with E-state index in [2.05, 4.69) is 5.32 Å². The van der Waals surface area contributed by atoms with Gasteiger partial charge in [-0.1, -0.05) is 29.8 Å². The van der Waals surface area contributed by atoms with Crippen LogP contribution in [0.4, 0.5) is 10.1 Å². The molecule has 0 aliphatic heterocycles. The van der Waals surface area contributed by atoms with Crippen molar-refractivity contribution in [3.05, 3.63) is 64.4 Å². The first-order valence-corrected chi connectivity index (χ1v) is 9.43. The Hall–Kier alpha value is -2.44. The van der Waals surface area contributed by atoms with Crippen molar-refractivity contribution in [2.75, 3.05) is 32.0 Å². The maximum atomic E-state index is 13.3. The molecule has 2 rings (SSSR count). The number of halogens is 2. The fourth-order valence-corrected chi connectivity index (χ4v) is 2.97. The Morgan fingerprint density at radius 3 is 2.57 bits per heavy atom. The third-order valence-electron chi connectivity index (χ3n) is 4.29. The van der Waals surface area contributed by atoms with Crippen molar-refractivity contribution in [2.45, 2.75) is 20.4 Å². The molecule has 0 aliphatic rings. The zero-order valence-electron chi connectivity index (χ0n) is 16.3. The van der Waals surface area contributed by atoms with Crippen LogP contribution in [0.25, 0.3) is 0 Å². The Kier molecular flexibility index (Phi) is 7.96. The average molecular weight is 406 g/mol. The molecule has 0 aromatic heterocycles. The Balaban J connectivity index is 1.91. The molecule has 2 amide bonds. The molecule has 2 aromatic rings. The van der Waals surface area contributed by atoms with Gasteiger partial charge in [0.25, 0.3) is 0 Å². The van der Waals surface area contributed by atoms with Crippen molar-refractivity contribution in [3.63, 3.8) is 0 Å². The summed E-state index contributed by atoms with van der Waals surface area (Å²) in [5.41, 5.74) is 2.30. The molecule has 0 fully saturated rings. The van der Waals surface area contributed by atoms with Gasteiger partial charge in [0.05, 0.1) is 13.1 Å². The number of nitrogens with zero attached hydrogens (tertiary/aromatic N) is 2. The SMILES string of the molecule is CCN(CC(=O)Nc1cc(Cl)ccc1C)C(=O)CN(C)Cc1cccc(F)c1. The number of benzene rings is 2. The molecule has 7 heteroatoms. The van der Waals surface area contributed by atoms with Gasteiger partial charge >= 0.3 is 0 Å². The quantitative estimate of drug-likeness (QED) is 0.728. The highest BCUT2D eigenvalue weighted by molar-refractivity contribution is 6.31. The molecular formula is C21H25ClFN3O2. The fourth-order valence-electron chi connectivity index (χ4n) is 2.80. The van der Waals surface area contributed by atoms with E-state index in [-0.39, 0.29) is 30.7 Å². The number of aryl methyl sites for hydroxylation is 1. The van der Waals surface area contributed by atoms with Crippen LogP contribution in [-0.2, 0) is 16.1 Å². The van der Waals surface area contributed by atoms with Crippen LogP contribution >= 0.6 is 11.6 Å². The van der Waals surface area contributed by atoms with Crippen molar-refractivity contribution in [2.24, 2.45) is 0 Å². The van der Waals surface area contributed by atoms with Crippen LogP contribution in [0.3, 0.4) is 0 Å². The lowest BCUT2D eigenvalue weighted by atomic mass is 10.2. The van der Waals surface area contributed by atoms with Gasteiger partial charge in [-0.05, 0) is 56.3 Å². The predicted molar refractivity (Wildman–Crippen MR) is 110 cm³/mol. The minimum atomic E-state index is -0.305. The lowest BCUT2D eigenvalue weighted by molar-refractivity contribution is -0.135. The summed E-state index contributed by atoms with van der Waals surface area (Å²) in [6.07, 6.45) is 0. The van der Waals surface area contributed by atoms with E-state index in [0.29, 0.717) is 23.8 Å². The van der Waals surface area contributed by atoms with Crippen molar-refractivity contribution in [1.82, 2.24) is 9.80 Å². The van der Waals surface area contributed by atoms with E-state index in [1.807, 2.05) is 26.0 Å². The Bertz CT molecular complexity index is 844. The summed E-state index contributed by atoms with van der Waals surface area (Å²) in [6.45, 7) is 4.63. The van der Waals surface area contributed by atoms with E-state index in [4.69, 9.17) is 11.6 Å². The fraction of sp³-hybridized carbons (Fsp3) is 0.333. The van der Waals surface area contributed by atoms with Crippen molar-refractivity contribution < 1.29 is 14.0 Å². The number of anilines is 1. The van der Waals surface area contributed by atoms with Crippen LogP contribution in [0, 0.1) is 12.7 Å². The number of hydrogen-bond donors (Lipinski definition) is 1. The average Bonchev–Trinajstić information content (AvgIpc) is 2.62. The van der Waals surface area contributed by atoms with E-state index >= 15 is 0 Å². The minimum absolute atomic E-state index is 0.0465. The highest BCUT2D eigenvalue weighted by atomic mass is 35.5. The molecule has 0 radical (unpaired) electrons. The first kappa shape index (κ1) is 21.9. The number of likely N-dealkylation sites (N-methyl/N-ethyl adjacent to an activating group) is 2. The zero-order chi connectivity index (χ0) is 20.7. The Labute approximate surface area is 170 Å². The number of amides is 2. The molecule has 150 valence electrons. The van der Waals surface area contributed by atoms with E-state index in [9.17, 15) is 14.0 Å². The normalized spacial score (nSPS) is 10.8. The number of carbonyl (C=O) groups excluding carboxylic acids is 2. The van der Waals surface area contributed by atoms with Gasteiger partial charge in [-0.25, -0.2) is 4.39 Å². The second-order valence-electron chi connectivity index (χ2n) is 6.72. The van der Waals surface area contributed by atoms with Gasteiger partial charge in [0.1, 0.15) is 5.82 Å². The van der Waals surface area contributed by atoms with Gasteiger partial charge in [-0.15, -0.1) is 0 Å². The summed E-state index contributed by atoms with van der Waals surface area (Å²) in [6, 6.07) is 11.5. The summed E-state index contributed by atoms with van der Waals surface area (Å²) in [4.78, 5) is 28.2. The van der Waals surface area contributed by atoms with Crippen LogP contribution in [0.1, 0.15) is 18.1 Å². The van der Waals surface area contributed by atoms with Crippen LogP contribution in [0.5, 0.6) is 0 Å². The van der Waals surface area contributed by atoms with Gasteiger partial charge in [-0.3, -0.25) is 14.5 Å². The van der Waals surface area contributed by atoms with E-state index in [1.165, 1.54) is 17.0 Å². The molecule has 0 aliphatic carbocycles. The Morgan fingerprint density at radius 2 is 1.89 bits per heavy atom. The molecule has 0 unspecified atom stereocenters. The molecule has 0 bridgehead atoms. The highest BCUT2D eigenvalue weighted by Crippen LogP contribution is 2.20. The van der Waals surface area contributed by atoms with Crippen molar-refractivity contribution >= 4 is 29.1 Å². The van der Waals surface area contributed by atoms with E-state index in [0.717, 1.165) is 11.1 Å². The van der Waals surface area contributed by atoms with Gasteiger partial charge in [-0.2, -0.15) is 0 Å². The molecule has 0 heterocycles. The highest BCUT2D eigenvalue weighted by Gasteiger charge is 2.18. The largest absolute Gasteiger partial charge is 0.333 e. The van der Waals surface area contributed by atoms with Gasteiger partial charge in [0.2, 0.25) is 11.8 Å². The lowest BCUT2D eigenvalue weighted by Crippen LogP contribution is -2.42. The Morgan fingerprint density at radius 1 is 1.14 bits per heavy atom. The van der Waals surface area contributed by atoms with Crippen LogP contribution in [-0.4, -0.2) is 48.3 Å². The summed E-state index contributed by atoms with van der Waals surface area (Å²) in [7, 11) is 1.78. The maximum absolute atomic E-state index is 13.3. The van der Waals surface area contributed by atoms with Gasteiger partial charge in [0.15, 0.2) is 0 Å². The molecule has 2 aromatic carbocycles. The second kappa shape index (κ2) is 10.2. The molecule has 28 heavy (non-hydrogen) atoms. The number of carbonyl (C=O) groups is 2. The molecule has 0 spiro atoms. The van der Waals surface area contributed by atoms with Crippen LogP contribution in [0.15, 0.2) is 42.5 Å². The third-order valence-corrected chi connectivity index (χ3v) is 4.52. The van der Waals surface area contributed by atoms with Crippen LogP contribution < -0.4 is 5.32 Å². The first-order valence-electron chi connectivity index (χ1n) is 9.05. The monoisotopic (exact) mass is 405 g/mol. The van der Waals surface area contributed by atoms with Crippen LogP contribution in [0.2, 0.25) is 5.02 Å². The summed E-state index contributed by atoms with van der Waals surface area (Å²) < 4.78 is 13.3. The third kappa shape index (κ3) is 6.62. The molecule has 0 saturated heterocycles. The molecular weight excluding hydrogens is 381 g/mol. The molecule has 0 atom stereocenters. The molecule has 1 N–H and O–H groups in total. The van der Waals surface area contributed by atoms with Crippen molar-refractivity contribution in [3.8, 4) is 0 Å². The molecule has 0 saturated carbocycles. The summed E-state index contributed by atoms with van der Waals surface area (Å²) >= 11 is 5.97. The van der Waals surface area contributed by atoms with E-state index in [1.54, 1.807) is 30.1 Å². The molecule has 5 nitrogen and oxygen atoms in total. The zero-order valence-corrected chi connectivity index (χ0v) is 17.1. The summed E-state index contributed by atoms with van der Waals surface area (Å²) in [5.74, 6) is -0.756. The maximum Gasteiger partial charge on any atom is 0.244 e.